The van der Waals surface area contributed by atoms with E-state index in [9.17, 15) is 4.79 Å². The van der Waals surface area contributed by atoms with E-state index < -0.39 is 0 Å². The Kier molecular flexibility index (Phi) is 4.44. The van der Waals surface area contributed by atoms with Crippen LogP contribution in [0, 0.1) is 5.92 Å². The first-order chi connectivity index (χ1) is 12.6. The average molecular weight is 352 g/mol. The molecule has 0 aliphatic carbocycles. The summed E-state index contributed by atoms with van der Waals surface area (Å²) in [4.78, 5) is 16.4. The number of piperidine rings is 1. The second kappa shape index (κ2) is 6.90. The van der Waals surface area contributed by atoms with Crippen molar-refractivity contribution in [3.8, 4) is 0 Å². The molecule has 1 fully saturated rings. The number of pyridine rings is 1. The zero-order valence-corrected chi connectivity index (χ0v) is 15.2. The van der Waals surface area contributed by atoms with E-state index in [2.05, 4.69) is 45.1 Å². The molecule has 0 spiro atoms. The molecule has 1 aliphatic rings. The highest BCUT2D eigenvalue weighted by molar-refractivity contribution is 5.68. The molecule has 4 heterocycles. The molecule has 26 heavy (non-hydrogen) atoms. The van der Waals surface area contributed by atoms with Gasteiger partial charge < -0.3 is 9.88 Å². The highest BCUT2D eigenvalue weighted by Gasteiger charge is 2.23. The fourth-order valence-corrected chi connectivity index (χ4v) is 3.63. The lowest BCUT2D eigenvalue weighted by Crippen LogP contribution is -2.35. The first-order valence-electron chi connectivity index (χ1n) is 9.23. The molecule has 0 radical (unpaired) electrons. The molecule has 0 atom stereocenters. The monoisotopic (exact) mass is 352 g/mol. The van der Waals surface area contributed by atoms with Crippen LogP contribution in [0.3, 0.4) is 0 Å². The van der Waals surface area contributed by atoms with Gasteiger partial charge in [-0.2, -0.15) is 9.61 Å². The lowest BCUT2D eigenvalue weighted by atomic mass is 9.90. The van der Waals surface area contributed by atoms with Crippen LogP contribution in [0.25, 0.3) is 5.65 Å². The third-order valence-corrected chi connectivity index (χ3v) is 5.19. The van der Waals surface area contributed by atoms with Crippen molar-refractivity contribution in [2.75, 3.05) is 18.0 Å². The van der Waals surface area contributed by atoms with Crippen molar-refractivity contribution in [3.63, 3.8) is 0 Å². The Balaban J connectivity index is 1.49. The largest absolute Gasteiger partial charge is 0.368 e. The summed E-state index contributed by atoms with van der Waals surface area (Å²) in [6, 6.07) is 5.70. The van der Waals surface area contributed by atoms with Crippen molar-refractivity contribution < 1.29 is 0 Å². The zero-order valence-electron chi connectivity index (χ0n) is 15.2. The minimum atomic E-state index is -0.0421. The maximum Gasteiger partial charge on any atom is 0.247 e. The van der Waals surface area contributed by atoms with Gasteiger partial charge in [0.25, 0.3) is 0 Å². The molecule has 3 aromatic heterocycles. The number of hydrogen-bond acceptors (Lipinski definition) is 5. The molecule has 7 heteroatoms. The smallest absolute Gasteiger partial charge is 0.247 e. The van der Waals surface area contributed by atoms with Gasteiger partial charge in [-0.3, -0.25) is 4.79 Å². The molecular formula is C19H24N6O. The number of aromatic amines is 1. The van der Waals surface area contributed by atoms with E-state index >= 15 is 0 Å². The normalized spacial score (nSPS) is 15.9. The number of aromatic nitrogens is 5. The van der Waals surface area contributed by atoms with Crippen LogP contribution in [-0.2, 0) is 6.42 Å². The van der Waals surface area contributed by atoms with Gasteiger partial charge in [-0.05, 0) is 42.7 Å². The first-order valence-corrected chi connectivity index (χ1v) is 9.23. The fourth-order valence-electron chi connectivity index (χ4n) is 3.63. The first kappa shape index (κ1) is 16.8. The molecule has 0 bridgehead atoms. The number of anilines is 1. The van der Waals surface area contributed by atoms with Gasteiger partial charge in [0.1, 0.15) is 6.33 Å². The van der Waals surface area contributed by atoms with E-state index in [1.54, 1.807) is 16.9 Å². The fraction of sp³-hybridized carbons (Fsp3) is 0.474. The van der Waals surface area contributed by atoms with Crippen LogP contribution in [0.5, 0.6) is 0 Å². The molecule has 136 valence electrons. The predicted octanol–water partition coefficient (Wildman–Crippen LogP) is 2.40. The van der Waals surface area contributed by atoms with Crippen molar-refractivity contribution >= 4 is 11.3 Å². The van der Waals surface area contributed by atoms with Crippen molar-refractivity contribution in [1.82, 2.24) is 24.8 Å². The van der Waals surface area contributed by atoms with Crippen LogP contribution in [0.2, 0.25) is 0 Å². The second-order valence-electron chi connectivity index (χ2n) is 7.40. The number of nitrogens with zero attached hydrogens (tertiary/aromatic N) is 5. The molecule has 0 aromatic carbocycles. The van der Waals surface area contributed by atoms with Crippen LogP contribution in [0.15, 0.2) is 35.5 Å². The van der Waals surface area contributed by atoms with Gasteiger partial charge in [0, 0.05) is 25.4 Å². The maximum atomic E-state index is 11.2. The quantitative estimate of drug-likeness (QED) is 0.780. The van der Waals surface area contributed by atoms with Gasteiger partial charge in [0.2, 0.25) is 11.2 Å². The third-order valence-electron chi connectivity index (χ3n) is 5.19. The van der Waals surface area contributed by atoms with Gasteiger partial charge in [0.05, 0.1) is 11.4 Å². The SMILES string of the molecule is CC(C)c1cc(N2CCC(Cc3ccc(=O)[nH]c3)CC2)c2nncn2n1. The van der Waals surface area contributed by atoms with Crippen LogP contribution in [0.4, 0.5) is 5.69 Å². The molecule has 4 rings (SSSR count). The van der Waals surface area contributed by atoms with Crippen molar-refractivity contribution in [3.05, 3.63) is 52.3 Å². The van der Waals surface area contributed by atoms with Gasteiger partial charge in [0.15, 0.2) is 0 Å². The molecule has 0 saturated carbocycles. The number of H-pyrrole nitrogens is 1. The predicted molar refractivity (Wildman–Crippen MR) is 101 cm³/mol. The van der Waals surface area contributed by atoms with E-state index in [1.165, 1.54) is 5.56 Å². The van der Waals surface area contributed by atoms with Crippen LogP contribution in [0.1, 0.15) is 43.9 Å². The standard InChI is InChI=1S/C19H24N6O/c1-13(2)16-10-17(19-22-21-12-25(19)23-16)24-7-5-14(6-8-24)9-15-3-4-18(26)20-11-15/h3-4,10-14H,5-9H2,1-2H3,(H,20,26). The molecule has 1 aliphatic heterocycles. The minimum absolute atomic E-state index is 0.0421. The summed E-state index contributed by atoms with van der Waals surface area (Å²) >= 11 is 0. The molecule has 0 amide bonds. The highest BCUT2D eigenvalue weighted by Crippen LogP contribution is 2.29. The lowest BCUT2D eigenvalue weighted by molar-refractivity contribution is 0.403. The van der Waals surface area contributed by atoms with E-state index in [-0.39, 0.29) is 5.56 Å². The summed E-state index contributed by atoms with van der Waals surface area (Å²) in [7, 11) is 0. The minimum Gasteiger partial charge on any atom is -0.368 e. The zero-order chi connectivity index (χ0) is 18.1. The van der Waals surface area contributed by atoms with E-state index in [0.717, 1.165) is 49.4 Å². The Morgan fingerprint density at radius 1 is 1.27 bits per heavy atom. The average Bonchev–Trinajstić information content (AvgIpc) is 3.12. The van der Waals surface area contributed by atoms with Gasteiger partial charge in [-0.1, -0.05) is 19.9 Å². The van der Waals surface area contributed by atoms with Gasteiger partial charge >= 0.3 is 0 Å². The summed E-state index contributed by atoms with van der Waals surface area (Å²) in [5.74, 6) is 0.996. The van der Waals surface area contributed by atoms with Crippen molar-refractivity contribution in [2.24, 2.45) is 5.92 Å². The molecule has 1 N–H and O–H groups in total. The van der Waals surface area contributed by atoms with Crippen LogP contribution in [-0.4, -0.2) is 37.9 Å². The molecule has 3 aromatic rings. The Morgan fingerprint density at radius 2 is 2.08 bits per heavy atom. The molecule has 7 nitrogen and oxygen atoms in total. The number of hydrogen-bond donors (Lipinski definition) is 1. The number of fused-ring (bicyclic) bond motifs is 1. The van der Waals surface area contributed by atoms with Crippen LogP contribution < -0.4 is 10.5 Å². The Bertz CT molecular complexity index is 932. The summed E-state index contributed by atoms with van der Waals surface area (Å²) in [5, 5.41) is 12.9. The highest BCUT2D eigenvalue weighted by atomic mass is 16.1. The maximum absolute atomic E-state index is 11.2. The Labute approximate surface area is 152 Å². The second-order valence-corrected chi connectivity index (χ2v) is 7.40. The lowest BCUT2D eigenvalue weighted by Gasteiger charge is -2.33. The molecule has 0 unspecified atom stereocenters. The Morgan fingerprint density at radius 3 is 2.77 bits per heavy atom. The summed E-state index contributed by atoms with van der Waals surface area (Å²) in [6.45, 7) is 6.30. The van der Waals surface area contributed by atoms with Crippen molar-refractivity contribution in [2.45, 2.75) is 39.0 Å². The number of nitrogens with one attached hydrogen (secondary N) is 1. The van der Waals surface area contributed by atoms with E-state index in [0.29, 0.717) is 11.8 Å². The van der Waals surface area contributed by atoms with Crippen molar-refractivity contribution in [1.29, 1.82) is 0 Å². The summed E-state index contributed by atoms with van der Waals surface area (Å²) in [6.07, 6.45) is 6.77. The number of rotatable bonds is 4. The van der Waals surface area contributed by atoms with Gasteiger partial charge in [-0.25, -0.2) is 0 Å². The van der Waals surface area contributed by atoms with Crippen LogP contribution >= 0.6 is 0 Å². The summed E-state index contributed by atoms with van der Waals surface area (Å²) in [5.41, 5.74) is 4.17. The topological polar surface area (TPSA) is 79.2 Å². The Hall–Kier alpha value is -2.70. The van der Waals surface area contributed by atoms with Gasteiger partial charge in [-0.15, -0.1) is 10.2 Å². The third kappa shape index (κ3) is 3.34. The van der Waals surface area contributed by atoms with E-state index in [1.807, 2.05) is 12.3 Å². The molecular weight excluding hydrogens is 328 g/mol. The molecule has 1 saturated heterocycles. The summed E-state index contributed by atoms with van der Waals surface area (Å²) < 4.78 is 1.79. The van der Waals surface area contributed by atoms with E-state index in [4.69, 9.17) is 0 Å².